The van der Waals surface area contributed by atoms with E-state index in [0.29, 0.717) is 19.6 Å². The maximum absolute atomic E-state index is 12.7. The molecular formula is C27H28N2O6S. The predicted molar refractivity (Wildman–Crippen MR) is 139 cm³/mol. The smallest absolute Gasteiger partial charge is 0.340 e. The highest BCUT2D eigenvalue weighted by molar-refractivity contribution is 7.99. The predicted octanol–water partition coefficient (Wildman–Crippen LogP) is 5.14. The van der Waals surface area contributed by atoms with Crippen molar-refractivity contribution in [3.8, 4) is 11.5 Å². The fourth-order valence-electron chi connectivity index (χ4n) is 3.90. The fraction of sp³-hybridized carbons (Fsp3) is 0.296. The summed E-state index contributed by atoms with van der Waals surface area (Å²) < 4.78 is 17.0. The number of nitro groups is 1. The van der Waals surface area contributed by atoms with Crippen LogP contribution in [0.5, 0.6) is 11.5 Å². The standard InChI is InChI=1S/C27H28N2O6S/c1-2-33-25(27(30)35-23-13-9-21(10-14-23)29(31)32)19-20-7-11-22(12-8-20)34-17-15-28-16-18-36-26-6-4-3-5-24(26)28/h3-14,25H,2,15-19H2,1H3. The molecule has 0 aliphatic carbocycles. The molecule has 1 unspecified atom stereocenters. The van der Waals surface area contributed by atoms with Gasteiger partial charge in [-0.15, -0.1) is 11.8 Å². The number of hydrogen-bond donors (Lipinski definition) is 0. The Balaban J connectivity index is 1.29. The van der Waals surface area contributed by atoms with Crippen molar-refractivity contribution in [3.05, 3.63) is 88.5 Å². The number of ether oxygens (including phenoxy) is 3. The summed E-state index contributed by atoms with van der Waals surface area (Å²) in [5.74, 6) is 1.51. The molecule has 1 heterocycles. The Morgan fingerprint density at radius 2 is 1.78 bits per heavy atom. The Hall–Kier alpha value is -3.56. The SMILES string of the molecule is CCOC(Cc1ccc(OCCN2CCSc3ccccc32)cc1)C(=O)Oc1ccc([N+](=O)[O-])cc1. The van der Waals surface area contributed by atoms with Crippen molar-refractivity contribution in [2.75, 3.05) is 37.0 Å². The molecule has 0 saturated carbocycles. The van der Waals surface area contributed by atoms with E-state index in [1.807, 2.05) is 43.0 Å². The van der Waals surface area contributed by atoms with Crippen LogP contribution in [0.25, 0.3) is 0 Å². The third-order valence-electron chi connectivity index (χ3n) is 5.70. The van der Waals surface area contributed by atoms with E-state index in [2.05, 4.69) is 29.2 Å². The molecule has 0 radical (unpaired) electrons. The van der Waals surface area contributed by atoms with Crippen molar-refractivity contribution < 1.29 is 23.9 Å². The molecule has 36 heavy (non-hydrogen) atoms. The lowest BCUT2D eigenvalue weighted by Gasteiger charge is -2.30. The second-order valence-corrected chi connectivity index (χ2v) is 9.25. The molecular weight excluding hydrogens is 480 g/mol. The quantitative estimate of drug-likeness (QED) is 0.152. The molecule has 1 atom stereocenters. The van der Waals surface area contributed by atoms with Gasteiger partial charge in [-0.1, -0.05) is 24.3 Å². The van der Waals surface area contributed by atoms with Gasteiger partial charge < -0.3 is 19.1 Å². The van der Waals surface area contributed by atoms with Crippen LogP contribution in [0.3, 0.4) is 0 Å². The fourth-order valence-corrected chi connectivity index (χ4v) is 4.95. The van der Waals surface area contributed by atoms with Gasteiger partial charge in [0.15, 0.2) is 6.10 Å². The second-order valence-electron chi connectivity index (χ2n) is 8.12. The van der Waals surface area contributed by atoms with E-state index < -0.39 is 17.0 Å². The van der Waals surface area contributed by atoms with E-state index >= 15 is 0 Å². The van der Waals surface area contributed by atoms with Gasteiger partial charge in [0.05, 0.1) is 17.2 Å². The van der Waals surface area contributed by atoms with Crippen molar-refractivity contribution in [2.45, 2.75) is 24.3 Å². The molecule has 1 aliphatic rings. The lowest BCUT2D eigenvalue weighted by molar-refractivity contribution is -0.384. The summed E-state index contributed by atoms with van der Waals surface area (Å²) in [7, 11) is 0. The molecule has 0 N–H and O–H groups in total. The number of carbonyl (C=O) groups excluding carboxylic acids is 1. The number of esters is 1. The average Bonchev–Trinajstić information content (AvgIpc) is 2.90. The monoisotopic (exact) mass is 508 g/mol. The number of thioether (sulfide) groups is 1. The Bertz CT molecular complexity index is 1170. The Kier molecular flexibility index (Phi) is 8.80. The van der Waals surface area contributed by atoms with Crippen LogP contribution in [-0.2, 0) is 16.0 Å². The highest BCUT2D eigenvalue weighted by Crippen LogP contribution is 2.34. The third-order valence-corrected chi connectivity index (χ3v) is 6.74. The largest absolute Gasteiger partial charge is 0.492 e. The van der Waals surface area contributed by atoms with Gasteiger partial charge in [-0.3, -0.25) is 10.1 Å². The van der Waals surface area contributed by atoms with Gasteiger partial charge in [-0.2, -0.15) is 0 Å². The van der Waals surface area contributed by atoms with Gasteiger partial charge >= 0.3 is 5.97 Å². The minimum absolute atomic E-state index is 0.0711. The first-order chi connectivity index (χ1) is 17.5. The number of non-ortho nitro benzene ring substituents is 1. The minimum atomic E-state index is -0.797. The minimum Gasteiger partial charge on any atom is -0.492 e. The van der Waals surface area contributed by atoms with Crippen LogP contribution in [0.2, 0.25) is 0 Å². The zero-order chi connectivity index (χ0) is 25.3. The van der Waals surface area contributed by atoms with Crippen molar-refractivity contribution >= 4 is 29.1 Å². The summed E-state index contributed by atoms with van der Waals surface area (Å²) in [5, 5.41) is 10.8. The number of nitrogens with zero attached hydrogens (tertiary/aromatic N) is 2. The molecule has 1 aliphatic heterocycles. The zero-order valence-electron chi connectivity index (χ0n) is 20.0. The molecule has 0 bridgehead atoms. The molecule has 8 nitrogen and oxygen atoms in total. The van der Waals surface area contributed by atoms with Crippen LogP contribution in [-0.4, -0.2) is 49.1 Å². The van der Waals surface area contributed by atoms with Crippen LogP contribution < -0.4 is 14.4 Å². The molecule has 0 spiro atoms. The van der Waals surface area contributed by atoms with E-state index in [1.54, 1.807) is 0 Å². The van der Waals surface area contributed by atoms with Gasteiger partial charge in [-0.25, -0.2) is 4.79 Å². The van der Waals surface area contributed by atoms with Gasteiger partial charge in [0.1, 0.15) is 18.1 Å². The summed E-state index contributed by atoms with van der Waals surface area (Å²) in [6, 6.07) is 21.4. The molecule has 3 aromatic rings. The maximum Gasteiger partial charge on any atom is 0.340 e. The van der Waals surface area contributed by atoms with Crippen LogP contribution in [0.1, 0.15) is 12.5 Å². The summed E-state index contributed by atoms with van der Waals surface area (Å²) in [4.78, 5) is 26.6. The van der Waals surface area contributed by atoms with Gasteiger partial charge in [0.2, 0.25) is 0 Å². The van der Waals surface area contributed by atoms with Crippen molar-refractivity contribution in [2.24, 2.45) is 0 Å². The normalized spacial score (nSPS) is 13.5. The molecule has 0 fully saturated rings. The first-order valence-corrected chi connectivity index (χ1v) is 12.8. The lowest BCUT2D eigenvalue weighted by Crippen LogP contribution is -2.33. The highest BCUT2D eigenvalue weighted by atomic mass is 32.2. The first-order valence-electron chi connectivity index (χ1n) is 11.8. The molecule has 3 aromatic carbocycles. The second kappa shape index (κ2) is 12.4. The average molecular weight is 509 g/mol. The van der Waals surface area contributed by atoms with Crippen LogP contribution in [0.15, 0.2) is 77.7 Å². The highest BCUT2D eigenvalue weighted by Gasteiger charge is 2.22. The lowest BCUT2D eigenvalue weighted by atomic mass is 10.1. The number of anilines is 1. The molecule has 9 heteroatoms. The number of nitro benzene ring substituents is 1. The van der Waals surface area contributed by atoms with Crippen LogP contribution in [0.4, 0.5) is 11.4 Å². The maximum atomic E-state index is 12.7. The van der Waals surface area contributed by atoms with Gasteiger partial charge in [0, 0.05) is 42.4 Å². The zero-order valence-corrected chi connectivity index (χ0v) is 20.8. The van der Waals surface area contributed by atoms with Crippen molar-refractivity contribution in [1.29, 1.82) is 0 Å². The molecule has 188 valence electrons. The topological polar surface area (TPSA) is 91.1 Å². The van der Waals surface area contributed by atoms with Gasteiger partial charge in [-0.05, 0) is 48.9 Å². The molecule has 0 aromatic heterocycles. The summed E-state index contributed by atoms with van der Waals surface area (Å²) in [6.07, 6.45) is -0.462. The third kappa shape index (κ3) is 6.77. The van der Waals surface area contributed by atoms with Crippen LogP contribution >= 0.6 is 11.8 Å². The van der Waals surface area contributed by atoms with Crippen molar-refractivity contribution in [3.63, 3.8) is 0 Å². The van der Waals surface area contributed by atoms with E-state index in [1.165, 1.54) is 34.8 Å². The van der Waals surface area contributed by atoms with E-state index in [0.717, 1.165) is 30.2 Å². The van der Waals surface area contributed by atoms with Crippen LogP contribution in [0, 0.1) is 10.1 Å². The van der Waals surface area contributed by atoms with Gasteiger partial charge in [0.25, 0.3) is 5.69 Å². The van der Waals surface area contributed by atoms with E-state index in [9.17, 15) is 14.9 Å². The number of hydrogen-bond acceptors (Lipinski definition) is 8. The number of para-hydroxylation sites is 1. The Morgan fingerprint density at radius 1 is 1.06 bits per heavy atom. The summed E-state index contributed by atoms with van der Waals surface area (Å²) in [5.41, 5.74) is 2.09. The molecule has 0 saturated heterocycles. The molecule has 4 rings (SSSR count). The number of carbonyl (C=O) groups is 1. The van der Waals surface area contributed by atoms with E-state index in [4.69, 9.17) is 14.2 Å². The molecule has 0 amide bonds. The number of benzene rings is 3. The Labute approximate surface area is 214 Å². The number of rotatable bonds is 11. The van der Waals surface area contributed by atoms with Crippen molar-refractivity contribution in [1.82, 2.24) is 0 Å². The van der Waals surface area contributed by atoms with E-state index in [-0.39, 0.29) is 11.4 Å². The summed E-state index contributed by atoms with van der Waals surface area (Å²) >= 11 is 1.89. The number of fused-ring (bicyclic) bond motifs is 1. The summed E-state index contributed by atoms with van der Waals surface area (Å²) in [6.45, 7) is 4.53. The Morgan fingerprint density at radius 3 is 2.50 bits per heavy atom. The first kappa shape index (κ1) is 25.5.